The third kappa shape index (κ3) is 6.12. The number of nitrogens with zero attached hydrogens (tertiary/aromatic N) is 3. The lowest BCUT2D eigenvalue weighted by atomic mass is 10.1. The lowest BCUT2D eigenvalue weighted by Gasteiger charge is -2.34. The van der Waals surface area contributed by atoms with Crippen LogP contribution in [-0.2, 0) is 6.54 Å². The van der Waals surface area contributed by atoms with Crippen LogP contribution in [0.3, 0.4) is 0 Å². The van der Waals surface area contributed by atoms with E-state index in [9.17, 15) is 9.59 Å². The maximum Gasteiger partial charge on any atom is 0.269 e. The second-order valence-electron chi connectivity index (χ2n) is 7.92. The van der Waals surface area contributed by atoms with Gasteiger partial charge < -0.3 is 10.2 Å². The van der Waals surface area contributed by atoms with E-state index in [1.807, 2.05) is 11.0 Å². The molecule has 2 heterocycles. The molecule has 0 radical (unpaired) electrons. The average molecular weight is 395 g/mol. The van der Waals surface area contributed by atoms with E-state index in [1.165, 1.54) is 11.8 Å². The Morgan fingerprint density at radius 1 is 1.07 bits per heavy atom. The first-order valence-corrected chi connectivity index (χ1v) is 10.3. The Hall–Kier alpha value is -2.73. The molecule has 154 valence electrons. The first-order chi connectivity index (χ1) is 14.0. The van der Waals surface area contributed by atoms with Crippen LogP contribution in [0.4, 0.5) is 0 Å². The summed E-state index contributed by atoms with van der Waals surface area (Å²) in [5.41, 5.74) is 2.10. The zero-order chi connectivity index (χ0) is 20.6. The average Bonchev–Trinajstić information content (AvgIpc) is 2.74. The minimum absolute atomic E-state index is 0.0389. The fourth-order valence-electron chi connectivity index (χ4n) is 3.39. The van der Waals surface area contributed by atoms with E-state index >= 15 is 0 Å². The van der Waals surface area contributed by atoms with Crippen LogP contribution in [0.5, 0.6) is 0 Å². The first kappa shape index (κ1) is 21.0. The molecule has 1 aromatic carbocycles. The molecule has 1 N–H and O–H groups in total. The molecule has 29 heavy (non-hydrogen) atoms. The van der Waals surface area contributed by atoms with Crippen LogP contribution in [0.15, 0.2) is 48.7 Å². The molecule has 1 fully saturated rings. The van der Waals surface area contributed by atoms with Gasteiger partial charge in [0, 0.05) is 51.0 Å². The maximum absolute atomic E-state index is 12.9. The molecule has 1 aliphatic heterocycles. The summed E-state index contributed by atoms with van der Waals surface area (Å²) in [6, 6.07) is 13.7. The Labute approximate surface area is 172 Å². The standard InChI is InChI=1S/C23H30N4O2/c1-18(2)8-10-25-22(28)21-16-20(9-11-24-21)23(29)27-14-12-26(13-15-27)17-19-6-4-3-5-7-19/h3-7,9,11,16,18H,8,10,12-15,17H2,1-2H3,(H,25,28). The summed E-state index contributed by atoms with van der Waals surface area (Å²) in [7, 11) is 0. The predicted molar refractivity (Wildman–Crippen MR) is 114 cm³/mol. The number of nitrogens with one attached hydrogen (secondary N) is 1. The van der Waals surface area contributed by atoms with Crippen molar-refractivity contribution in [2.45, 2.75) is 26.8 Å². The van der Waals surface area contributed by atoms with Crippen molar-refractivity contribution in [2.75, 3.05) is 32.7 Å². The van der Waals surface area contributed by atoms with Gasteiger partial charge in [-0.3, -0.25) is 19.5 Å². The van der Waals surface area contributed by atoms with Crippen molar-refractivity contribution in [3.8, 4) is 0 Å². The smallest absolute Gasteiger partial charge is 0.269 e. The summed E-state index contributed by atoms with van der Waals surface area (Å²) < 4.78 is 0. The lowest BCUT2D eigenvalue weighted by molar-refractivity contribution is 0.0628. The van der Waals surface area contributed by atoms with Gasteiger partial charge in [-0.1, -0.05) is 44.2 Å². The van der Waals surface area contributed by atoms with E-state index < -0.39 is 0 Å². The number of carbonyl (C=O) groups is 2. The van der Waals surface area contributed by atoms with Gasteiger partial charge in [0.25, 0.3) is 11.8 Å². The van der Waals surface area contributed by atoms with Crippen molar-refractivity contribution in [2.24, 2.45) is 5.92 Å². The normalized spacial score (nSPS) is 14.8. The zero-order valence-corrected chi connectivity index (χ0v) is 17.3. The van der Waals surface area contributed by atoms with Crippen molar-refractivity contribution >= 4 is 11.8 Å². The summed E-state index contributed by atoms with van der Waals surface area (Å²) in [5.74, 6) is 0.257. The SMILES string of the molecule is CC(C)CCNC(=O)c1cc(C(=O)N2CCN(Cc3ccccc3)CC2)ccn1. The van der Waals surface area contributed by atoms with Crippen LogP contribution in [-0.4, -0.2) is 59.3 Å². The van der Waals surface area contributed by atoms with E-state index in [4.69, 9.17) is 0 Å². The minimum Gasteiger partial charge on any atom is -0.351 e. The molecule has 1 aromatic heterocycles. The molecule has 6 nitrogen and oxygen atoms in total. The van der Waals surface area contributed by atoms with Crippen LogP contribution in [0, 0.1) is 5.92 Å². The monoisotopic (exact) mass is 394 g/mol. The van der Waals surface area contributed by atoms with Gasteiger partial charge in [0.2, 0.25) is 0 Å². The molecule has 2 amide bonds. The van der Waals surface area contributed by atoms with Gasteiger partial charge >= 0.3 is 0 Å². The number of carbonyl (C=O) groups excluding carboxylic acids is 2. The Bertz CT molecular complexity index is 815. The molecule has 0 unspecified atom stereocenters. The quantitative estimate of drug-likeness (QED) is 0.784. The summed E-state index contributed by atoms with van der Waals surface area (Å²) in [4.78, 5) is 33.5. The molecule has 1 aliphatic rings. The van der Waals surface area contributed by atoms with Gasteiger partial charge in [-0.15, -0.1) is 0 Å². The van der Waals surface area contributed by atoms with Crippen molar-refractivity contribution in [3.05, 3.63) is 65.5 Å². The number of hydrogen-bond donors (Lipinski definition) is 1. The highest BCUT2D eigenvalue weighted by Crippen LogP contribution is 2.12. The number of rotatable bonds is 7. The van der Waals surface area contributed by atoms with Gasteiger partial charge in [-0.2, -0.15) is 0 Å². The summed E-state index contributed by atoms with van der Waals surface area (Å²) >= 11 is 0. The molecule has 2 aromatic rings. The Balaban J connectivity index is 1.53. The fourth-order valence-corrected chi connectivity index (χ4v) is 3.39. The van der Waals surface area contributed by atoms with E-state index in [2.05, 4.69) is 53.3 Å². The molecular formula is C23H30N4O2. The van der Waals surface area contributed by atoms with Crippen molar-refractivity contribution in [1.82, 2.24) is 20.1 Å². The largest absolute Gasteiger partial charge is 0.351 e. The van der Waals surface area contributed by atoms with Gasteiger partial charge in [-0.25, -0.2) is 0 Å². The number of piperazine rings is 1. The second kappa shape index (κ2) is 10.2. The maximum atomic E-state index is 12.9. The van der Waals surface area contributed by atoms with Crippen LogP contribution in [0.2, 0.25) is 0 Å². The first-order valence-electron chi connectivity index (χ1n) is 10.3. The Morgan fingerprint density at radius 3 is 2.48 bits per heavy atom. The van der Waals surface area contributed by atoms with Crippen LogP contribution >= 0.6 is 0 Å². The Kier molecular flexibility index (Phi) is 7.36. The molecule has 6 heteroatoms. The molecule has 0 spiro atoms. The van der Waals surface area contributed by atoms with Gasteiger partial charge in [0.1, 0.15) is 5.69 Å². The Morgan fingerprint density at radius 2 is 1.79 bits per heavy atom. The van der Waals surface area contributed by atoms with Gasteiger partial charge in [0.05, 0.1) is 0 Å². The predicted octanol–water partition coefficient (Wildman–Crippen LogP) is 2.82. The number of hydrogen-bond acceptors (Lipinski definition) is 4. The number of pyridine rings is 1. The van der Waals surface area contributed by atoms with Crippen molar-refractivity contribution < 1.29 is 9.59 Å². The summed E-state index contributed by atoms with van der Waals surface area (Å²) in [6.45, 7) is 8.79. The molecule has 0 atom stereocenters. The van der Waals surface area contributed by atoms with Gasteiger partial charge in [0.15, 0.2) is 0 Å². The molecular weight excluding hydrogens is 364 g/mol. The topological polar surface area (TPSA) is 65.5 Å². The molecule has 0 bridgehead atoms. The highest BCUT2D eigenvalue weighted by Gasteiger charge is 2.23. The minimum atomic E-state index is -0.229. The highest BCUT2D eigenvalue weighted by atomic mass is 16.2. The summed E-state index contributed by atoms with van der Waals surface area (Å²) in [6.07, 6.45) is 2.45. The third-order valence-corrected chi connectivity index (χ3v) is 5.16. The van der Waals surface area contributed by atoms with Crippen LogP contribution < -0.4 is 5.32 Å². The molecule has 0 aliphatic carbocycles. The zero-order valence-electron chi connectivity index (χ0n) is 17.3. The fraction of sp³-hybridized carbons (Fsp3) is 0.435. The van der Waals surface area contributed by atoms with E-state index in [0.29, 0.717) is 36.8 Å². The summed E-state index contributed by atoms with van der Waals surface area (Å²) in [5, 5.41) is 2.87. The van der Waals surface area contributed by atoms with E-state index in [0.717, 1.165) is 26.1 Å². The number of aromatic nitrogens is 1. The highest BCUT2D eigenvalue weighted by molar-refractivity contribution is 5.98. The third-order valence-electron chi connectivity index (χ3n) is 5.16. The van der Waals surface area contributed by atoms with Gasteiger partial charge in [-0.05, 0) is 30.0 Å². The van der Waals surface area contributed by atoms with Crippen LogP contribution in [0.25, 0.3) is 0 Å². The van der Waals surface area contributed by atoms with E-state index in [1.54, 1.807) is 12.1 Å². The number of benzene rings is 1. The number of amides is 2. The molecule has 0 saturated carbocycles. The van der Waals surface area contributed by atoms with Crippen molar-refractivity contribution in [3.63, 3.8) is 0 Å². The van der Waals surface area contributed by atoms with Crippen LogP contribution in [0.1, 0.15) is 46.7 Å². The van der Waals surface area contributed by atoms with E-state index in [-0.39, 0.29) is 11.8 Å². The second-order valence-corrected chi connectivity index (χ2v) is 7.92. The molecule has 1 saturated heterocycles. The molecule has 3 rings (SSSR count). The lowest BCUT2D eigenvalue weighted by Crippen LogP contribution is -2.48. The van der Waals surface area contributed by atoms with Crippen molar-refractivity contribution in [1.29, 1.82) is 0 Å².